The Morgan fingerprint density at radius 1 is 1.22 bits per heavy atom. The summed E-state index contributed by atoms with van der Waals surface area (Å²) < 4.78 is 42.4. The number of rotatable bonds is 2. The molecule has 0 atom stereocenters. The Hall–Kier alpha value is -1.89. The average Bonchev–Trinajstić information content (AvgIpc) is 2.28. The molecule has 0 unspecified atom stereocenters. The van der Waals surface area contributed by atoms with Crippen molar-refractivity contribution >= 4 is 11.6 Å². The predicted octanol–water partition coefficient (Wildman–Crippen LogP) is 3.34. The molecule has 0 N–H and O–H groups in total. The maximum absolute atomic E-state index is 12.4. The molecule has 0 saturated carbocycles. The van der Waals surface area contributed by atoms with E-state index in [2.05, 4.69) is 15.0 Å². The summed E-state index contributed by atoms with van der Waals surface area (Å²) in [6, 6.07) is 4.18. The minimum Gasteiger partial charge on any atom is -0.437 e. The topological polar surface area (TPSA) is 47.9 Å². The molecule has 2 aromatic heterocycles. The third kappa shape index (κ3) is 3.07. The van der Waals surface area contributed by atoms with E-state index >= 15 is 0 Å². The Balaban J connectivity index is 2.32. The van der Waals surface area contributed by atoms with Crippen LogP contribution in [-0.2, 0) is 6.18 Å². The van der Waals surface area contributed by atoms with Gasteiger partial charge in [0.25, 0.3) is 0 Å². The Bertz CT molecular complexity index is 548. The molecular weight excluding hydrogens is 271 g/mol. The first-order chi connectivity index (χ1) is 8.45. The third-order valence-corrected chi connectivity index (χ3v) is 1.98. The summed E-state index contributed by atoms with van der Waals surface area (Å²) in [5.41, 5.74) is 0. The number of pyridine rings is 1. The van der Waals surface area contributed by atoms with E-state index in [1.165, 1.54) is 18.5 Å². The van der Waals surface area contributed by atoms with Gasteiger partial charge in [0.15, 0.2) is 0 Å². The standard InChI is InChI=1S/C10H5ClF3N3O/c11-7-4-8(17-9(16-7)10(12,13)14)18-6-2-1-3-15-5-6/h1-5H. The van der Waals surface area contributed by atoms with E-state index in [4.69, 9.17) is 16.3 Å². The zero-order valence-corrected chi connectivity index (χ0v) is 9.40. The van der Waals surface area contributed by atoms with Gasteiger partial charge in [0.2, 0.25) is 11.7 Å². The first-order valence-corrected chi connectivity index (χ1v) is 5.02. The van der Waals surface area contributed by atoms with E-state index in [1.54, 1.807) is 6.07 Å². The Labute approximate surface area is 104 Å². The van der Waals surface area contributed by atoms with Crippen LogP contribution < -0.4 is 4.74 Å². The van der Waals surface area contributed by atoms with E-state index in [0.717, 1.165) is 6.07 Å². The lowest BCUT2D eigenvalue weighted by Crippen LogP contribution is -2.11. The van der Waals surface area contributed by atoms with Crippen molar-refractivity contribution in [2.24, 2.45) is 0 Å². The number of hydrogen-bond acceptors (Lipinski definition) is 4. The molecule has 18 heavy (non-hydrogen) atoms. The molecule has 2 heterocycles. The van der Waals surface area contributed by atoms with Crippen molar-refractivity contribution in [3.63, 3.8) is 0 Å². The van der Waals surface area contributed by atoms with Crippen LogP contribution >= 0.6 is 11.6 Å². The van der Waals surface area contributed by atoms with Crippen molar-refractivity contribution in [3.8, 4) is 11.6 Å². The van der Waals surface area contributed by atoms with Gasteiger partial charge in [-0.1, -0.05) is 11.6 Å². The normalized spacial score (nSPS) is 11.3. The Morgan fingerprint density at radius 2 is 2.00 bits per heavy atom. The minimum atomic E-state index is -4.68. The van der Waals surface area contributed by atoms with E-state index in [9.17, 15) is 13.2 Å². The molecular formula is C10H5ClF3N3O. The van der Waals surface area contributed by atoms with Crippen molar-refractivity contribution in [2.75, 3.05) is 0 Å². The number of aromatic nitrogens is 3. The number of ether oxygens (including phenoxy) is 1. The lowest BCUT2D eigenvalue weighted by molar-refractivity contribution is -0.145. The molecule has 0 aliphatic heterocycles. The average molecular weight is 276 g/mol. The summed E-state index contributed by atoms with van der Waals surface area (Å²) in [6.45, 7) is 0. The van der Waals surface area contributed by atoms with Gasteiger partial charge < -0.3 is 4.74 Å². The summed E-state index contributed by atoms with van der Waals surface area (Å²) in [6.07, 6.45) is -1.85. The monoisotopic (exact) mass is 275 g/mol. The molecule has 0 spiro atoms. The molecule has 0 fully saturated rings. The fraction of sp³-hybridized carbons (Fsp3) is 0.100. The fourth-order valence-electron chi connectivity index (χ4n) is 1.10. The highest BCUT2D eigenvalue weighted by Gasteiger charge is 2.35. The van der Waals surface area contributed by atoms with Gasteiger partial charge in [-0.05, 0) is 12.1 Å². The lowest BCUT2D eigenvalue weighted by atomic mass is 10.4. The molecule has 0 saturated heterocycles. The quantitative estimate of drug-likeness (QED) is 0.789. The summed E-state index contributed by atoms with van der Waals surface area (Å²) in [4.78, 5) is 10.1. The molecule has 0 aromatic carbocycles. The van der Waals surface area contributed by atoms with Crippen LogP contribution in [-0.4, -0.2) is 15.0 Å². The van der Waals surface area contributed by atoms with Crippen molar-refractivity contribution in [3.05, 3.63) is 41.6 Å². The van der Waals surface area contributed by atoms with Gasteiger partial charge in [0, 0.05) is 12.3 Å². The number of halogens is 4. The fourth-order valence-corrected chi connectivity index (χ4v) is 1.28. The van der Waals surface area contributed by atoms with Gasteiger partial charge in [-0.25, -0.2) is 4.98 Å². The molecule has 2 rings (SSSR count). The highest BCUT2D eigenvalue weighted by molar-refractivity contribution is 6.29. The number of alkyl halides is 3. The minimum absolute atomic E-state index is 0.250. The van der Waals surface area contributed by atoms with Crippen LogP contribution in [0.2, 0.25) is 5.15 Å². The largest absolute Gasteiger partial charge is 0.451 e. The van der Waals surface area contributed by atoms with Crippen LogP contribution in [0.15, 0.2) is 30.6 Å². The third-order valence-electron chi connectivity index (χ3n) is 1.78. The zero-order valence-electron chi connectivity index (χ0n) is 8.65. The smallest absolute Gasteiger partial charge is 0.437 e. The highest BCUT2D eigenvalue weighted by atomic mass is 35.5. The van der Waals surface area contributed by atoms with Gasteiger partial charge in [0.1, 0.15) is 10.9 Å². The molecule has 0 aliphatic rings. The van der Waals surface area contributed by atoms with Gasteiger partial charge in [0.05, 0.1) is 6.20 Å². The van der Waals surface area contributed by atoms with Gasteiger partial charge in [-0.15, -0.1) is 0 Å². The van der Waals surface area contributed by atoms with Crippen LogP contribution in [0.25, 0.3) is 0 Å². The van der Waals surface area contributed by atoms with Crippen molar-refractivity contribution in [1.82, 2.24) is 15.0 Å². The second-order valence-corrected chi connectivity index (χ2v) is 3.53. The zero-order chi connectivity index (χ0) is 13.2. The van der Waals surface area contributed by atoms with Crippen LogP contribution in [0.1, 0.15) is 5.82 Å². The highest BCUT2D eigenvalue weighted by Crippen LogP contribution is 2.30. The molecule has 8 heteroatoms. The molecule has 94 valence electrons. The van der Waals surface area contributed by atoms with E-state index in [-0.39, 0.29) is 16.8 Å². The van der Waals surface area contributed by atoms with E-state index < -0.39 is 12.0 Å². The molecule has 0 aliphatic carbocycles. The molecule has 0 amide bonds. The Kier molecular flexibility index (Phi) is 3.33. The van der Waals surface area contributed by atoms with Crippen LogP contribution in [0.3, 0.4) is 0 Å². The maximum Gasteiger partial charge on any atom is 0.451 e. The summed E-state index contributed by atoms with van der Waals surface area (Å²) in [7, 11) is 0. The van der Waals surface area contributed by atoms with Crippen LogP contribution in [0, 0.1) is 0 Å². The van der Waals surface area contributed by atoms with Crippen molar-refractivity contribution in [1.29, 1.82) is 0 Å². The van der Waals surface area contributed by atoms with Gasteiger partial charge >= 0.3 is 6.18 Å². The summed E-state index contributed by atoms with van der Waals surface area (Å²) >= 11 is 5.48. The van der Waals surface area contributed by atoms with Gasteiger partial charge in [-0.3, -0.25) is 4.98 Å². The van der Waals surface area contributed by atoms with Gasteiger partial charge in [-0.2, -0.15) is 18.2 Å². The molecule has 0 radical (unpaired) electrons. The van der Waals surface area contributed by atoms with Crippen molar-refractivity contribution < 1.29 is 17.9 Å². The first-order valence-electron chi connectivity index (χ1n) is 4.65. The summed E-state index contributed by atoms with van der Waals surface area (Å²) in [5, 5.41) is -0.351. The SMILES string of the molecule is FC(F)(F)c1nc(Cl)cc(Oc2cccnc2)n1. The second-order valence-electron chi connectivity index (χ2n) is 3.14. The predicted molar refractivity (Wildman–Crippen MR) is 56.4 cm³/mol. The maximum atomic E-state index is 12.4. The second kappa shape index (κ2) is 4.77. The van der Waals surface area contributed by atoms with E-state index in [0.29, 0.717) is 0 Å². The van der Waals surface area contributed by atoms with Crippen LogP contribution in [0.5, 0.6) is 11.6 Å². The molecule has 4 nitrogen and oxygen atoms in total. The number of hydrogen-bond donors (Lipinski definition) is 0. The lowest BCUT2D eigenvalue weighted by Gasteiger charge is -2.08. The van der Waals surface area contributed by atoms with E-state index in [1.807, 2.05) is 0 Å². The first kappa shape index (κ1) is 12.6. The summed E-state index contributed by atoms with van der Waals surface area (Å²) in [5.74, 6) is -1.40. The number of nitrogens with zero attached hydrogens (tertiary/aromatic N) is 3. The van der Waals surface area contributed by atoms with Crippen molar-refractivity contribution in [2.45, 2.75) is 6.18 Å². The molecule has 2 aromatic rings. The molecule has 0 bridgehead atoms. The van der Waals surface area contributed by atoms with Crippen LogP contribution in [0.4, 0.5) is 13.2 Å². The Morgan fingerprint density at radius 3 is 2.61 bits per heavy atom.